The maximum absolute atomic E-state index is 13.3. The Balaban J connectivity index is 1.79. The minimum absolute atomic E-state index is 0.00562. The third-order valence-electron chi connectivity index (χ3n) is 3.83. The molecule has 0 saturated heterocycles. The Morgan fingerprint density at radius 2 is 1.96 bits per heavy atom. The van der Waals surface area contributed by atoms with Gasteiger partial charge < -0.3 is 0 Å². The zero-order chi connectivity index (χ0) is 16.4. The van der Waals surface area contributed by atoms with Crippen molar-refractivity contribution in [2.45, 2.75) is 43.0 Å². The Morgan fingerprint density at radius 1 is 1.22 bits per heavy atom. The van der Waals surface area contributed by atoms with Crippen molar-refractivity contribution in [2.75, 3.05) is 4.72 Å². The molecular formula is C14H16ClFN4O2S. The predicted molar refractivity (Wildman–Crippen MR) is 84.4 cm³/mol. The molecule has 1 saturated carbocycles. The number of aromatic nitrogens is 3. The molecular weight excluding hydrogens is 343 g/mol. The third-order valence-corrected chi connectivity index (χ3v) is 5.36. The minimum Gasteiger partial charge on any atom is -0.248 e. The zero-order valence-electron chi connectivity index (χ0n) is 12.2. The summed E-state index contributed by atoms with van der Waals surface area (Å²) in [5.74, 6) is -0.755. The van der Waals surface area contributed by atoms with Crippen LogP contribution in [0.4, 0.5) is 10.3 Å². The van der Waals surface area contributed by atoms with Crippen molar-refractivity contribution >= 4 is 27.6 Å². The van der Waals surface area contributed by atoms with Crippen LogP contribution in [0.25, 0.3) is 0 Å². The molecule has 9 heteroatoms. The molecule has 124 valence electrons. The molecule has 3 rings (SSSR count). The van der Waals surface area contributed by atoms with Crippen molar-refractivity contribution in [1.82, 2.24) is 14.8 Å². The molecule has 6 nitrogen and oxygen atoms in total. The third kappa shape index (κ3) is 3.81. The van der Waals surface area contributed by atoms with Gasteiger partial charge in [-0.25, -0.2) is 22.2 Å². The van der Waals surface area contributed by atoms with Crippen LogP contribution < -0.4 is 4.72 Å². The monoisotopic (exact) mass is 358 g/mol. The molecule has 0 aliphatic heterocycles. The molecule has 0 bridgehead atoms. The highest BCUT2D eigenvalue weighted by atomic mass is 35.5. The molecule has 1 aliphatic rings. The highest BCUT2D eigenvalue weighted by Gasteiger charge is 2.20. The molecule has 0 radical (unpaired) electrons. The summed E-state index contributed by atoms with van der Waals surface area (Å²) in [5.41, 5.74) is 0. The smallest absolute Gasteiger partial charge is 0.248 e. The van der Waals surface area contributed by atoms with E-state index in [0.717, 1.165) is 37.8 Å². The van der Waals surface area contributed by atoms with Gasteiger partial charge in [0.2, 0.25) is 0 Å². The van der Waals surface area contributed by atoms with Crippen LogP contribution in [0.15, 0.2) is 29.4 Å². The number of benzene rings is 1. The van der Waals surface area contributed by atoms with Crippen LogP contribution in [-0.4, -0.2) is 23.2 Å². The van der Waals surface area contributed by atoms with Crippen molar-refractivity contribution < 1.29 is 12.8 Å². The summed E-state index contributed by atoms with van der Waals surface area (Å²) in [5, 5.41) is 4.18. The van der Waals surface area contributed by atoms with Crippen molar-refractivity contribution in [3.63, 3.8) is 0 Å². The van der Waals surface area contributed by atoms with Gasteiger partial charge in [0.05, 0.1) is 10.9 Å². The maximum atomic E-state index is 13.3. The molecule has 2 aromatic rings. The topological polar surface area (TPSA) is 76.9 Å². The highest BCUT2D eigenvalue weighted by Crippen LogP contribution is 2.27. The van der Waals surface area contributed by atoms with Crippen molar-refractivity contribution in [1.29, 1.82) is 0 Å². The van der Waals surface area contributed by atoms with E-state index in [-0.39, 0.29) is 21.9 Å². The van der Waals surface area contributed by atoms with Crippen LogP contribution in [0, 0.1) is 5.82 Å². The van der Waals surface area contributed by atoms with Gasteiger partial charge in [-0.1, -0.05) is 30.9 Å². The Labute approximate surface area is 138 Å². The summed E-state index contributed by atoms with van der Waals surface area (Å²) in [6.07, 6.45) is 7.02. The number of nitrogens with one attached hydrogen (secondary N) is 1. The van der Waals surface area contributed by atoms with E-state index in [9.17, 15) is 12.8 Å². The second kappa shape index (κ2) is 6.45. The molecule has 1 N–H and O–H groups in total. The summed E-state index contributed by atoms with van der Waals surface area (Å²) in [4.78, 5) is 3.71. The molecule has 1 aromatic carbocycles. The molecule has 0 atom stereocenters. The lowest BCUT2D eigenvalue weighted by Crippen LogP contribution is -2.16. The number of halogens is 2. The fourth-order valence-electron chi connectivity index (χ4n) is 2.71. The lowest BCUT2D eigenvalue weighted by molar-refractivity contribution is 0.329. The Kier molecular flexibility index (Phi) is 4.54. The number of rotatable bonds is 4. The first kappa shape index (κ1) is 16.2. The van der Waals surface area contributed by atoms with Gasteiger partial charge in [-0.05, 0) is 31.0 Å². The maximum Gasteiger partial charge on any atom is 0.264 e. The first-order chi connectivity index (χ1) is 10.9. The minimum atomic E-state index is -3.99. The first-order valence-corrected chi connectivity index (χ1v) is 9.20. The largest absolute Gasteiger partial charge is 0.264 e. The molecule has 1 heterocycles. The Morgan fingerprint density at radius 3 is 2.65 bits per heavy atom. The predicted octanol–water partition coefficient (Wildman–Crippen LogP) is 3.38. The van der Waals surface area contributed by atoms with E-state index >= 15 is 0 Å². The Hall–Kier alpha value is -1.67. The van der Waals surface area contributed by atoms with Gasteiger partial charge in [-0.15, -0.1) is 5.10 Å². The lowest BCUT2D eigenvalue weighted by Gasteiger charge is -2.21. The molecule has 1 aliphatic carbocycles. The van der Waals surface area contributed by atoms with E-state index in [4.69, 9.17) is 11.6 Å². The van der Waals surface area contributed by atoms with E-state index in [1.165, 1.54) is 18.8 Å². The molecule has 0 unspecified atom stereocenters. The van der Waals surface area contributed by atoms with Gasteiger partial charge in [0.1, 0.15) is 12.1 Å². The molecule has 0 spiro atoms. The summed E-state index contributed by atoms with van der Waals surface area (Å²) >= 11 is 5.70. The summed E-state index contributed by atoms with van der Waals surface area (Å²) in [7, 11) is -3.99. The number of nitrogens with zero attached hydrogens (tertiary/aromatic N) is 3. The summed E-state index contributed by atoms with van der Waals surface area (Å²) in [6.45, 7) is 0. The lowest BCUT2D eigenvalue weighted by atomic mass is 9.96. The number of hydrogen-bond donors (Lipinski definition) is 1. The second-order valence-corrected chi connectivity index (χ2v) is 7.67. The van der Waals surface area contributed by atoms with E-state index in [0.29, 0.717) is 0 Å². The van der Waals surface area contributed by atoms with Gasteiger partial charge in [-0.2, -0.15) is 4.98 Å². The molecule has 1 aromatic heterocycles. The van der Waals surface area contributed by atoms with E-state index in [1.807, 2.05) is 0 Å². The Bertz CT molecular complexity index is 783. The van der Waals surface area contributed by atoms with Gasteiger partial charge in [0.25, 0.3) is 16.0 Å². The van der Waals surface area contributed by atoms with E-state index in [1.54, 1.807) is 4.68 Å². The molecule has 0 amide bonds. The average molecular weight is 359 g/mol. The number of sulfonamides is 1. The summed E-state index contributed by atoms with van der Waals surface area (Å²) < 4.78 is 41.8. The highest BCUT2D eigenvalue weighted by molar-refractivity contribution is 7.92. The van der Waals surface area contributed by atoms with Crippen LogP contribution in [0.5, 0.6) is 0 Å². The molecule has 23 heavy (non-hydrogen) atoms. The first-order valence-electron chi connectivity index (χ1n) is 7.34. The van der Waals surface area contributed by atoms with Gasteiger partial charge in [-0.3, -0.25) is 0 Å². The second-order valence-electron chi connectivity index (χ2n) is 5.55. The average Bonchev–Trinajstić information content (AvgIpc) is 2.95. The number of anilines is 1. The van der Waals surface area contributed by atoms with Gasteiger partial charge in [0.15, 0.2) is 0 Å². The van der Waals surface area contributed by atoms with Gasteiger partial charge >= 0.3 is 0 Å². The van der Waals surface area contributed by atoms with Crippen molar-refractivity contribution in [2.24, 2.45) is 0 Å². The zero-order valence-corrected chi connectivity index (χ0v) is 13.8. The SMILES string of the molecule is O=S(=O)(Nc1ncn(C2CCCCC2)n1)c1cc(F)cc(Cl)c1. The fraction of sp³-hybridized carbons (Fsp3) is 0.429. The van der Waals surface area contributed by atoms with Crippen LogP contribution in [0.1, 0.15) is 38.1 Å². The van der Waals surface area contributed by atoms with Crippen LogP contribution in [0.3, 0.4) is 0 Å². The van der Waals surface area contributed by atoms with Crippen molar-refractivity contribution in [3.05, 3.63) is 35.4 Å². The quantitative estimate of drug-likeness (QED) is 0.908. The van der Waals surface area contributed by atoms with Crippen LogP contribution >= 0.6 is 11.6 Å². The molecule has 1 fully saturated rings. The van der Waals surface area contributed by atoms with Crippen LogP contribution in [0.2, 0.25) is 5.02 Å². The van der Waals surface area contributed by atoms with Crippen molar-refractivity contribution in [3.8, 4) is 0 Å². The fourth-order valence-corrected chi connectivity index (χ4v) is 3.99. The number of hydrogen-bond acceptors (Lipinski definition) is 4. The summed E-state index contributed by atoms with van der Waals surface area (Å²) in [6, 6.07) is 3.35. The van der Waals surface area contributed by atoms with Crippen LogP contribution in [-0.2, 0) is 10.0 Å². The van der Waals surface area contributed by atoms with E-state index in [2.05, 4.69) is 14.8 Å². The van der Waals surface area contributed by atoms with E-state index < -0.39 is 15.8 Å². The van der Waals surface area contributed by atoms with Gasteiger partial charge in [0, 0.05) is 5.02 Å². The standard InChI is InChI=1S/C14H16ClFN4O2S/c15-10-6-11(16)8-13(7-10)23(21,22)19-14-17-9-20(18-14)12-4-2-1-3-5-12/h6-9,12H,1-5H2,(H,18,19). The normalized spacial score (nSPS) is 16.4.